The van der Waals surface area contributed by atoms with Gasteiger partial charge in [0.1, 0.15) is 29.9 Å². The van der Waals surface area contributed by atoms with Gasteiger partial charge in [-0.1, -0.05) is 6.07 Å². The minimum Gasteiger partial charge on any atom is -0.616 e. The van der Waals surface area contributed by atoms with Crippen molar-refractivity contribution < 1.29 is 18.1 Å². The fraction of sp³-hybridized carbons (Fsp3) is 0.304. The molecule has 2 aromatic heterocycles. The number of benzene rings is 1. The van der Waals surface area contributed by atoms with Crippen molar-refractivity contribution in [1.29, 1.82) is 0 Å². The minimum absolute atomic E-state index is 0.00187. The lowest BCUT2D eigenvalue weighted by atomic mass is 10.0. The molecule has 0 saturated heterocycles. The molecule has 0 spiro atoms. The van der Waals surface area contributed by atoms with Crippen LogP contribution >= 0.6 is 15.9 Å². The molecular formula is C23H23BrF2N6O2S. The van der Waals surface area contributed by atoms with Crippen molar-refractivity contribution in [2.75, 3.05) is 12.4 Å². The SMILES string of the molecule is CC1(C)C(N)=NC(c2cc(/C=C(\F)c3cnc(OCCn4cc(Br)cn4)cn3)ccc2F)C[S+]1[O-]. The van der Waals surface area contributed by atoms with E-state index in [0.717, 1.165) is 4.47 Å². The molecule has 4 rings (SSSR count). The van der Waals surface area contributed by atoms with E-state index >= 15 is 0 Å². The number of aromatic nitrogens is 4. The summed E-state index contributed by atoms with van der Waals surface area (Å²) < 4.78 is 49.3. The summed E-state index contributed by atoms with van der Waals surface area (Å²) in [4.78, 5) is 12.5. The third-order valence-electron chi connectivity index (χ3n) is 5.51. The highest BCUT2D eigenvalue weighted by Gasteiger charge is 2.42. The molecule has 0 saturated carbocycles. The Morgan fingerprint density at radius 2 is 2.14 bits per heavy atom. The molecule has 8 nitrogen and oxygen atoms in total. The number of nitrogens with two attached hydrogens (primary N) is 1. The summed E-state index contributed by atoms with van der Waals surface area (Å²) in [6.07, 6.45) is 7.30. The summed E-state index contributed by atoms with van der Waals surface area (Å²) in [5, 5.41) is 4.12. The third-order valence-corrected chi connectivity index (χ3v) is 7.88. The molecule has 0 aliphatic carbocycles. The zero-order chi connectivity index (χ0) is 25.2. The fourth-order valence-corrected chi connectivity index (χ4v) is 4.91. The van der Waals surface area contributed by atoms with Gasteiger partial charge in [-0.3, -0.25) is 9.67 Å². The molecule has 2 N–H and O–H groups in total. The van der Waals surface area contributed by atoms with Crippen molar-refractivity contribution in [2.45, 2.75) is 31.2 Å². The number of hydrogen-bond acceptors (Lipinski definition) is 7. The van der Waals surface area contributed by atoms with Crippen LogP contribution in [0.25, 0.3) is 11.9 Å². The average molecular weight is 565 g/mol. The Bertz CT molecular complexity index is 1270. The van der Waals surface area contributed by atoms with Crippen LogP contribution in [0.3, 0.4) is 0 Å². The van der Waals surface area contributed by atoms with E-state index in [4.69, 9.17) is 10.5 Å². The fourth-order valence-electron chi connectivity index (χ4n) is 3.33. The summed E-state index contributed by atoms with van der Waals surface area (Å²) in [6, 6.07) is 3.43. The lowest BCUT2D eigenvalue weighted by Gasteiger charge is -2.34. The standard InChI is InChI=1S/C23H23BrF2N6O2S/c1-23(2)22(27)31-20(13-35(23)33)16-7-14(3-4-17(16)25)8-18(26)19-10-29-21(11-28-19)34-6-5-32-12-15(24)9-30-32/h3-4,7-12,20H,5-6,13H2,1-2H3,(H2,27,31)/b18-8-. The van der Waals surface area contributed by atoms with Crippen LogP contribution in [0.2, 0.25) is 0 Å². The van der Waals surface area contributed by atoms with Crippen LogP contribution in [0.1, 0.15) is 36.7 Å². The van der Waals surface area contributed by atoms with Crippen molar-refractivity contribution in [1.82, 2.24) is 19.7 Å². The molecule has 3 aromatic rings. The number of ether oxygens (including phenoxy) is 1. The van der Waals surface area contributed by atoms with Gasteiger partial charge in [-0.05, 0) is 64.7 Å². The maximum Gasteiger partial charge on any atom is 0.232 e. The monoisotopic (exact) mass is 564 g/mol. The van der Waals surface area contributed by atoms with Gasteiger partial charge in [-0.15, -0.1) is 0 Å². The number of rotatable bonds is 7. The normalized spacial score (nSPS) is 19.9. The van der Waals surface area contributed by atoms with Gasteiger partial charge in [0.15, 0.2) is 16.4 Å². The van der Waals surface area contributed by atoms with Gasteiger partial charge in [0.2, 0.25) is 5.88 Å². The molecule has 0 radical (unpaired) electrons. The molecule has 0 bridgehead atoms. The Morgan fingerprint density at radius 1 is 1.34 bits per heavy atom. The zero-order valence-corrected chi connectivity index (χ0v) is 21.4. The molecular weight excluding hydrogens is 542 g/mol. The smallest absolute Gasteiger partial charge is 0.232 e. The van der Waals surface area contributed by atoms with Gasteiger partial charge in [0.05, 0.1) is 29.6 Å². The van der Waals surface area contributed by atoms with Crippen LogP contribution in [0.15, 0.2) is 52.5 Å². The summed E-state index contributed by atoms with van der Waals surface area (Å²) in [6.45, 7) is 4.30. The maximum absolute atomic E-state index is 14.8. The number of amidine groups is 1. The predicted octanol–water partition coefficient (Wildman–Crippen LogP) is 4.06. The van der Waals surface area contributed by atoms with E-state index in [1.54, 1.807) is 24.7 Å². The molecule has 3 heterocycles. The lowest BCUT2D eigenvalue weighted by molar-refractivity contribution is 0.279. The van der Waals surface area contributed by atoms with Crippen LogP contribution in [0, 0.1) is 5.82 Å². The molecule has 1 aliphatic rings. The van der Waals surface area contributed by atoms with Gasteiger partial charge in [0, 0.05) is 11.8 Å². The quantitative estimate of drug-likeness (QED) is 0.433. The molecule has 0 fully saturated rings. The molecule has 12 heteroatoms. The summed E-state index contributed by atoms with van der Waals surface area (Å²) in [5.41, 5.74) is 6.59. The van der Waals surface area contributed by atoms with Crippen molar-refractivity contribution in [3.8, 4) is 5.88 Å². The Hall–Kier alpha value is -2.83. The highest BCUT2D eigenvalue weighted by Crippen LogP contribution is 2.33. The van der Waals surface area contributed by atoms with Crippen molar-refractivity contribution in [2.24, 2.45) is 10.7 Å². The molecule has 2 unspecified atom stereocenters. The van der Waals surface area contributed by atoms with Gasteiger partial charge >= 0.3 is 0 Å². The molecule has 2 atom stereocenters. The maximum atomic E-state index is 14.8. The first-order chi connectivity index (χ1) is 16.6. The average Bonchev–Trinajstić information content (AvgIpc) is 3.24. The first-order valence-electron chi connectivity index (χ1n) is 10.7. The van der Waals surface area contributed by atoms with Crippen molar-refractivity contribution in [3.05, 3.63) is 70.1 Å². The second-order valence-electron chi connectivity index (χ2n) is 8.34. The third kappa shape index (κ3) is 5.88. The Balaban J connectivity index is 1.45. The number of hydrogen-bond donors (Lipinski definition) is 1. The van der Waals surface area contributed by atoms with E-state index in [9.17, 15) is 13.3 Å². The van der Waals surface area contributed by atoms with Gasteiger partial charge in [-0.2, -0.15) is 5.10 Å². The molecule has 1 aliphatic heterocycles. The van der Waals surface area contributed by atoms with Gasteiger partial charge < -0.3 is 15.0 Å². The number of halogens is 3. The van der Waals surface area contributed by atoms with Gasteiger partial charge in [0.25, 0.3) is 0 Å². The topological polar surface area (TPSA) is 114 Å². The summed E-state index contributed by atoms with van der Waals surface area (Å²) in [7, 11) is 0. The Kier molecular flexibility index (Phi) is 7.53. The van der Waals surface area contributed by atoms with E-state index in [-0.39, 0.29) is 28.7 Å². The Morgan fingerprint density at radius 3 is 2.80 bits per heavy atom. The lowest BCUT2D eigenvalue weighted by Crippen LogP contribution is -2.50. The Labute approximate surface area is 212 Å². The van der Waals surface area contributed by atoms with Crippen LogP contribution in [-0.4, -0.2) is 47.2 Å². The highest BCUT2D eigenvalue weighted by atomic mass is 79.9. The first-order valence-corrected chi connectivity index (χ1v) is 12.8. The molecule has 0 amide bonds. The van der Waals surface area contributed by atoms with E-state index in [1.807, 2.05) is 6.20 Å². The van der Waals surface area contributed by atoms with Gasteiger partial charge in [-0.25, -0.2) is 18.7 Å². The van der Waals surface area contributed by atoms with Crippen LogP contribution in [0.4, 0.5) is 8.78 Å². The number of aliphatic imine (C=N–C) groups is 1. The summed E-state index contributed by atoms with van der Waals surface area (Å²) in [5.74, 6) is -0.594. The molecule has 35 heavy (non-hydrogen) atoms. The number of nitrogens with zero attached hydrogens (tertiary/aromatic N) is 5. The van der Waals surface area contributed by atoms with E-state index in [0.29, 0.717) is 18.7 Å². The predicted molar refractivity (Wildman–Crippen MR) is 134 cm³/mol. The second-order valence-corrected chi connectivity index (χ2v) is 11.3. The summed E-state index contributed by atoms with van der Waals surface area (Å²) >= 11 is 1.99. The largest absolute Gasteiger partial charge is 0.616 e. The van der Waals surface area contributed by atoms with E-state index in [2.05, 4.69) is 36.0 Å². The minimum atomic E-state index is -1.33. The second kappa shape index (κ2) is 10.4. The zero-order valence-electron chi connectivity index (χ0n) is 19.0. The van der Waals surface area contributed by atoms with Crippen molar-refractivity contribution >= 4 is 44.8 Å². The van der Waals surface area contributed by atoms with E-state index in [1.165, 1.54) is 36.7 Å². The van der Waals surface area contributed by atoms with Crippen LogP contribution in [0.5, 0.6) is 5.88 Å². The van der Waals surface area contributed by atoms with Crippen LogP contribution < -0.4 is 10.5 Å². The highest BCUT2D eigenvalue weighted by molar-refractivity contribution is 9.10. The van der Waals surface area contributed by atoms with Crippen LogP contribution in [-0.2, 0) is 17.7 Å². The van der Waals surface area contributed by atoms with Crippen molar-refractivity contribution in [3.63, 3.8) is 0 Å². The molecule has 1 aromatic carbocycles. The molecule has 184 valence electrons. The first kappa shape index (κ1) is 25.3. The van der Waals surface area contributed by atoms with E-state index < -0.39 is 33.6 Å².